The van der Waals surface area contributed by atoms with Crippen LogP contribution < -0.4 is 10.5 Å². The van der Waals surface area contributed by atoms with Gasteiger partial charge in [0.15, 0.2) is 0 Å². The van der Waals surface area contributed by atoms with E-state index in [1.807, 2.05) is 0 Å². The SMILES string of the molecule is CC(N)CCNS(=O)(=O)Cc1cccc(C(F)(F)F)c1.Cl. The van der Waals surface area contributed by atoms with E-state index in [4.69, 9.17) is 5.73 Å². The van der Waals surface area contributed by atoms with Gasteiger partial charge in [-0.1, -0.05) is 18.2 Å². The smallest absolute Gasteiger partial charge is 0.328 e. The Morgan fingerprint density at radius 2 is 1.95 bits per heavy atom. The van der Waals surface area contributed by atoms with Gasteiger partial charge in [0, 0.05) is 12.6 Å². The van der Waals surface area contributed by atoms with Gasteiger partial charge in [0.2, 0.25) is 10.0 Å². The second kappa shape index (κ2) is 7.98. The molecule has 0 saturated heterocycles. The summed E-state index contributed by atoms with van der Waals surface area (Å²) >= 11 is 0. The largest absolute Gasteiger partial charge is 0.416 e. The minimum atomic E-state index is -4.48. The molecule has 0 aromatic heterocycles. The number of rotatable bonds is 6. The van der Waals surface area contributed by atoms with Crippen LogP contribution in [0.2, 0.25) is 0 Å². The van der Waals surface area contributed by atoms with Crippen LogP contribution in [-0.2, 0) is 22.0 Å². The minimum absolute atomic E-state index is 0. The number of hydrogen-bond acceptors (Lipinski definition) is 3. The Balaban J connectivity index is 0.00000400. The Kier molecular flexibility index (Phi) is 7.66. The number of halogens is 4. The zero-order valence-corrected chi connectivity index (χ0v) is 13.0. The summed E-state index contributed by atoms with van der Waals surface area (Å²) in [7, 11) is -3.67. The molecule has 0 aliphatic heterocycles. The van der Waals surface area contributed by atoms with Crippen molar-refractivity contribution in [3.05, 3.63) is 35.4 Å². The summed E-state index contributed by atoms with van der Waals surface area (Å²) in [5.41, 5.74) is 4.71. The van der Waals surface area contributed by atoms with E-state index in [-0.39, 0.29) is 30.6 Å². The molecule has 1 aromatic carbocycles. The average molecular weight is 347 g/mol. The first kappa shape index (κ1) is 20.2. The molecule has 0 amide bonds. The van der Waals surface area contributed by atoms with Gasteiger partial charge >= 0.3 is 6.18 Å². The molecule has 9 heteroatoms. The lowest BCUT2D eigenvalue weighted by Gasteiger charge is -2.10. The van der Waals surface area contributed by atoms with Crippen LogP contribution in [0.5, 0.6) is 0 Å². The lowest BCUT2D eigenvalue weighted by atomic mass is 10.1. The maximum absolute atomic E-state index is 12.5. The molecule has 0 saturated carbocycles. The molecule has 3 N–H and O–H groups in total. The van der Waals surface area contributed by atoms with Crippen LogP contribution in [0, 0.1) is 0 Å². The molecule has 1 aromatic rings. The fraction of sp³-hybridized carbons (Fsp3) is 0.500. The van der Waals surface area contributed by atoms with E-state index in [1.54, 1.807) is 6.92 Å². The highest BCUT2D eigenvalue weighted by atomic mass is 35.5. The van der Waals surface area contributed by atoms with E-state index >= 15 is 0 Å². The fourth-order valence-corrected chi connectivity index (χ4v) is 2.70. The summed E-state index contributed by atoms with van der Waals surface area (Å²) in [6.07, 6.45) is -4.02. The van der Waals surface area contributed by atoms with Gasteiger partial charge in [0.05, 0.1) is 11.3 Å². The highest BCUT2D eigenvalue weighted by Gasteiger charge is 2.30. The van der Waals surface area contributed by atoms with Crippen LogP contribution in [-0.4, -0.2) is 21.0 Å². The zero-order valence-electron chi connectivity index (χ0n) is 11.4. The summed E-state index contributed by atoms with van der Waals surface area (Å²) in [6, 6.07) is 4.13. The first-order valence-corrected chi connectivity index (χ1v) is 7.64. The third-order valence-electron chi connectivity index (χ3n) is 2.53. The molecule has 1 unspecified atom stereocenters. The maximum Gasteiger partial charge on any atom is 0.416 e. The highest BCUT2D eigenvalue weighted by Crippen LogP contribution is 2.29. The van der Waals surface area contributed by atoms with Gasteiger partial charge in [-0.3, -0.25) is 0 Å². The predicted octanol–water partition coefficient (Wildman–Crippen LogP) is 2.28. The zero-order chi connectivity index (χ0) is 15.4. The van der Waals surface area contributed by atoms with E-state index in [0.29, 0.717) is 6.42 Å². The Hall–Kier alpha value is -0.830. The highest BCUT2D eigenvalue weighted by molar-refractivity contribution is 7.88. The van der Waals surface area contributed by atoms with Gasteiger partial charge in [-0.2, -0.15) is 13.2 Å². The van der Waals surface area contributed by atoms with Crippen LogP contribution in [0.1, 0.15) is 24.5 Å². The molecule has 0 aliphatic carbocycles. The summed E-state index contributed by atoms with van der Waals surface area (Å²) in [4.78, 5) is 0. The summed E-state index contributed by atoms with van der Waals surface area (Å²) in [6.45, 7) is 1.90. The van der Waals surface area contributed by atoms with Crippen LogP contribution in [0.15, 0.2) is 24.3 Å². The quantitative estimate of drug-likeness (QED) is 0.830. The van der Waals surface area contributed by atoms with Gasteiger partial charge in [-0.05, 0) is 25.0 Å². The van der Waals surface area contributed by atoms with Crippen LogP contribution in [0.3, 0.4) is 0 Å². The topological polar surface area (TPSA) is 72.2 Å². The molecule has 0 heterocycles. The van der Waals surface area contributed by atoms with E-state index in [0.717, 1.165) is 12.1 Å². The first-order chi connectivity index (χ1) is 9.10. The average Bonchev–Trinajstić information content (AvgIpc) is 2.26. The van der Waals surface area contributed by atoms with E-state index < -0.39 is 27.5 Å². The molecule has 0 spiro atoms. The van der Waals surface area contributed by atoms with Crippen molar-refractivity contribution >= 4 is 22.4 Å². The van der Waals surface area contributed by atoms with Gasteiger partial charge in [-0.25, -0.2) is 13.1 Å². The van der Waals surface area contributed by atoms with Gasteiger partial charge in [0.25, 0.3) is 0 Å². The number of alkyl halides is 3. The number of hydrogen-bond donors (Lipinski definition) is 2. The van der Waals surface area contributed by atoms with Crippen LogP contribution in [0.25, 0.3) is 0 Å². The van der Waals surface area contributed by atoms with Crippen molar-refractivity contribution in [2.75, 3.05) is 6.54 Å². The molecule has 1 atom stereocenters. The van der Waals surface area contributed by atoms with Crippen LogP contribution >= 0.6 is 12.4 Å². The van der Waals surface area contributed by atoms with E-state index in [9.17, 15) is 21.6 Å². The molecule has 0 fully saturated rings. The Morgan fingerprint density at radius 3 is 2.48 bits per heavy atom. The number of nitrogens with one attached hydrogen (secondary N) is 1. The Morgan fingerprint density at radius 1 is 1.33 bits per heavy atom. The molecule has 21 heavy (non-hydrogen) atoms. The first-order valence-electron chi connectivity index (χ1n) is 5.99. The van der Waals surface area contributed by atoms with Crippen molar-refractivity contribution in [2.45, 2.75) is 31.3 Å². The summed E-state index contributed by atoms with van der Waals surface area (Å²) in [5, 5.41) is 0. The Bertz CT molecular complexity index is 548. The lowest BCUT2D eigenvalue weighted by molar-refractivity contribution is -0.137. The molecule has 0 bridgehead atoms. The minimum Gasteiger partial charge on any atom is -0.328 e. The van der Waals surface area contributed by atoms with Crippen molar-refractivity contribution in [1.82, 2.24) is 4.72 Å². The van der Waals surface area contributed by atoms with Crippen molar-refractivity contribution in [3.8, 4) is 0 Å². The van der Waals surface area contributed by atoms with Crippen molar-refractivity contribution in [2.24, 2.45) is 5.73 Å². The van der Waals surface area contributed by atoms with Crippen molar-refractivity contribution < 1.29 is 21.6 Å². The molecular weight excluding hydrogens is 329 g/mol. The third-order valence-corrected chi connectivity index (χ3v) is 3.89. The monoisotopic (exact) mass is 346 g/mol. The van der Waals surface area contributed by atoms with Gasteiger partial charge in [0.1, 0.15) is 0 Å². The molecule has 0 radical (unpaired) electrons. The van der Waals surface area contributed by atoms with Crippen molar-refractivity contribution in [3.63, 3.8) is 0 Å². The van der Waals surface area contributed by atoms with Crippen molar-refractivity contribution in [1.29, 1.82) is 0 Å². The number of sulfonamides is 1. The normalized spacial score (nSPS) is 13.6. The third kappa shape index (κ3) is 7.66. The van der Waals surface area contributed by atoms with Crippen LogP contribution in [0.4, 0.5) is 13.2 Å². The molecule has 1 rings (SSSR count). The second-order valence-electron chi connectivity index (χ2n) is 4.62. The molecule has 122 valence electrons. The fourth-order valence-electron chi connectivity index (χ4n) is 1.55. The molecular formula is C12H18ClF3N2O2S. The second-order valence-corrected chi connectivity index (χ2v) is 6.42. The predicted molar refractivity (Wildman–Crippen MR) is 77.6 cm³/mol. The van der Waals surface area contributed by atoms with E-state index in [1.165, 1.54) is 12.1 Å². The maximum atomic E-state index is 12.5. The Labute approximate surface area is 128 Å². The standard InChI is InChI=1S/C12H17F3N2O2S.ClH/c1-9(16)5-6-17-20(18,19)8-10-3-2-4-11(7-10)12(13,14)15;/h2-4,7,9,17H,5-6,8,16H2,1H3;1H. The summed E-state index contributed by atoms with van der Waals surface area (Å²) < 4.78 is 63.3. The molecule has 0 aliphatic rings. The van der Waals surface area contributed by atoms with Gasteiger partial charge in [-0.15, -0.1) is 12.4 Å². The van der Waals surface area contributed by atoms with Gasteiger partial charge < -0.3 is 5.73 Å². The number of nitrogens with two attached hydrogens (primary N) is 1. The summed E-state index contributed by atoms with van der Waals surface area (Å²) in [5.74, 6) is -0.490. The lowest BCUT2D eigenvalue weighted by Crippen LogP contribution is -2.30. The van der Waals surface area contributed by atoms with E-state index in [2.05, 4.69) is 4.72 Å². The number of benzene rings is 1. The molecule has 4 nitrogen and oxygen atoms in total.